The number of nitrogens with one attached hydrogen (secondary N) is 1. The first-order valence-electron chi connectivity index (χ1n) is 9.35. The van der Waals surface area contributed by atoms with Crippen LogP contribution in [0.3, 0.4) is 0 Å². The fraction of sp³-hybridized carbons (Fsp3) is 0.833. The molecular formula is C18H30N4O3. The highest BCUT2D eigenvalue weighted by atomic mass is 16.5. The van der Waals surface area contributed by atoms with Gasteiger partial charge in [0.05, 0.1) is 6.54 Å². The van der Waals surface area contributed by atoms with Crippen LogP contribution in [-0.2, 0) is 16.1 Å². The van der Waals surface area contributed by atoms with E-state index in [9.17, 15) is 4.79 Å². The molecule has 0 atom stereocenters. The van der Waals surface area contributed by atoms with Crippen molar-refractivity contribution in [1.82, 2.24) is 20.4 Å². The van der Waals surface area contributed by atoms with Gasteiger partial charge in [0, 0.05) is 43.7 Å². The molecule has 1 aromatic rings. The van der Waals surface area contributed by atoms with Gasteiger partial charge >= 0.3 is 0 Å². The Labute approximate surface area is 149 Å². The summed E-state index contributed by atoms with van der Waals surface area (Å²) in [6.07, 6.45) is 3.85. The molecule has 2 saturated heterocycles. The van der Waals surface area contributed by atoms with Crippen molar-refractivity contribution in [3.63, 3.8) is 0 Å². The minimum atomic E-state index is -0.331. The zero-order valence-electron chi connectivity index (χ0n) is 15.6. The maximum absolute atomic E-state index is 12.1. The maximum atomic E-state index is 12.1. The first kappa shape index (κ1) is 18.3. The summed E-state index contributed by atoms with van der Waals surface area (Å²) in [5.74, 6) is 1.99. The molecule has 0 bridgehead atoms. The SMILES string of the molecule is CC(C)(C)C(=O)NC1CCN(Cc2noc(C3CCOCC3)n2)CC1. The summed E-state index contributed by atoms with van der Waals surface area (Å²) in [6.45, 7) is 9.99. The van der Waals surface area contributed by atoms with Gasteiger partial charge in [0.1, 0.15) is 0 Å². The standard InChI is InChI=1S/C18H30N4O3/c1-18(2,3)17(23)19-14-4-8-22(9-5-14)12-15-20-16(25-21-15)13-6-10-24-11-7-13/h13-14H,4-12H2,1-3H3,(H,19,23). The lowest BCUT2D eigenvalue weighted by molar-refractivity contribution is -0.129. The molecule has 1 aromatic heterocycles. The van der Waals surface area contributed by atoms with Crippen molar-refractivity contribution in [2.75, 3.05) is 26.3 Å². The van der Waals surface area contributed by atoms with Gasteiger partial charge in [0.15, 0.2) is 5.82 Å². The Morgan fingerprint density at radius 2 is 1.88 bits per heavy atom. The van der Waals surface area contributed by atoms with E-state index < -0.39 is 0 Å². The molecule has 2 aliphatic heterocycles. The third-order valence-corrected chi connectivity index (χ3v) is 5.02. The van der Waals surface area contributed by atoms with Crippen LogP contribution in [0.2, 0.25) is 0 Å². The Balaban J connectivity index is 1.45. The van der Waals surface area contributed by atoms with E-state index in [4.69, 9.17) is 9.26 Å². The first-order chi connectivity index (χ1) is 11.9. The van der Waals surface area contributed by atoms with E-state index in [1.807, 2.05) is 20.8 Å². The first-order valence-corrected chi connectivity index (χ1v) is 9.35. The molecule has 7 nitrogen and oxygen atoms in total. The maximum Gasteiger partial charge on any atom is 0.229 e. The Morgan fingerprint density at radius 3 is 2.52 bits per heavy atom. The quantitative estimate of drug-likeness (QED) is 0.896. The predicted molar refractivity (Wildman–Crippen MR) is 93.0 cm³/mol. The van der Waals surface area contributed by atoms with Gasteiger partial charge in [-0.3, -0.25) is 9.69 Å². The van der Waals surface area contributed by atoms with Gasteiger partial charge in [0.25, 0.3) is 0 Å². The fourth-order valence-corrected chi connectivity index (χ4v) is 3.28. The molecule has 25 heavy (non-hydrogen) atoms. The van der Waals surface area contributed by atoms with E-state index in [1.54, 1.807) is 0 Å². The summed E-state index contributed by atoms with van der Waals surface area (Å²) >= 11 is 0. The lowest BCUT2D eigenvalue weighted by atomic mass is 9.94. The van der Waals surface area contributed by atoms with Crippen molar-refractivity contribution in [2.24, 2.45) is 5.41 Å². The second kappa shape index (κ2) is 7.83. The van der Waals surface area contributed by atoms with Crippen LogP contribution in [-0.4, -0.2) is 53.3 Å². The molecule has 140 valence electrons. The van der Waals surface area contributed by atoms with Gasteiger partial charge in [0.2, 0.25) is 11.8 Å². The van der Waals surface area contributed by atoms with Crippen molar-refractivity contribution in [3.8, 4) is 0 Å². The normalized spacial score (nSPS) is 21.4. The fourth-order valence-electron chi connectivity index (χ4n) is 3.28. The number of amides is 1. The smallest absolute Gasteiger partial charge is 0.229 e. The summed E-state index contributed by atoms with van der Waals surface area (Å²) in [7, 11) is 0. The molecule has 0 radical (unpaired) electrons. The largest absolute Gasteiger partial charge is 0.381 e. The summed E-state index contributed by atoms with van der Waals surface area (Å²) in [6, 6.07) is 0.269. The van der Waals surface area contributed by atoms with Crippen molar-refractivity contribution < 1.29 is 14.1 Å². The van der Waals surface area contributed by atoms with Gasteiger partial charge in [-0.25, -0.2) is 0 Å². The Morgan fingerprint density at radius 1 is 1.20 bits per heavy atom. The zero-order chi connectivity index (χ0) is 17.9. The average Bonchev–Trinajstić information content (AvgIpc) is 3.05. The molecule has 2 fully saturated rings. The minimum absolute atomic E-state index is 0.130. The van der Waals surface area contributed by atoms with Gasteiger partial charge in [-0.15, -0.1) is 0 Å². The number of hydrogen-bond acceptors (Lipinski definition) is 6. The van der Waals surface area contributed by atoms with Crippen LogP contribution in [0.1, 0.15) is 64.1 Å². The van der Waals surface area contributed by atoms with Crippen LogP contribution in [0.4, 0.5) is 0 Å². The topological polar surface area (TPSA) is 80.5 Å². The van der Waals surface area contributed by atoms with Crippen LogP contribution >= 0.6 is 0 Å². The van der Waals surface area contributed by atoms with Crippen molar-refractivity contribution in [1.29, 1.82) is 0 Å². The summed E-state index contributed by atoms with van der Waals surface area (Å²) in [5.41, 5.74) is -0.331. The number of nitrogens with zero attached hydrogens (tertiary/aromatic N) is 3. The van der Waals surface area contributed by atoms with Crippen LogP contribution in [0.15, 0.2) is 4.52 Å². The lowest BCUT2D eigenvalue weighted by Gasteiger charge is -2.33. The number of likely N-dealkylation sites (tertiary alicyclic amines) is 1. The zero-order valence-corrected chi connectivity index (χ0v) is 15.6. The summed E-state index contributed by atoms with van der Waals surface area (Å²) < 4.78 is 10.8. The molecule has 1 amide bonds. The van der Waals surface area contributed by atoms with E-state index in [-0.39, 0.29) is 17.4 Å². The third-order valence-electron chi connectivity index (χ3n) is 5.02. The molecule has 7 heteroatoms. The van der Waals surface area contributed by atoms with Crippen LogP contribution in [0.5, 0.6) is 0 Å². The van der Waals surface area contributed by atoms with E-state index >= 15 is 0 Å². The number of carbonyl (C=O) groups is 1. The van der Waals surface area contributed by atoms with Crippen molar-refractivity contribution in [3.05, 3.63) is 11.7 Å². The number of ether oxygens (including phenoxy) is 1. The highest BCUT2D eigenvalue weighted by molar-refractivity contribution is 5.81. The van der Waals surface area contributed by atoms with E-state index in [2.05, 4.69) is 20.4 Å². The highest BCUT2D eigenvalue weighted by Gasteiger charge is 2.27. The van der Waals surface area contributed by atoms with Gasteiger partial charge in [-0.2, -0.15) is 4.98 Å². The number of hydrogen-bond donors (Lipinski definition) is 1. The number of rotatable bonds is 4. The molecule has 3 rings (SSSR count). The van der Waals surface area contributed by atoms with Crippen molar-refractivity contribution >= 4 is 5.91 Å². The molecular weight excluding hydrogens is 320 g/mol. The third kappa shape index (κ3) is 5.01. The molecule has 0 saturated carbocycles. The second-order valence-corrected chi connectivity index (χ2v) is 8.21. The Bertz CT molecular complexity index is 567. The highest BCUT2D eigenvalue weighted by Crippen LogP contribution is 2.25. The van der Waals surface area contributed by atoms with E-state index in [1.165, 1.54) is 0 Å². The monoisotopic (exact) mass is 350 g/mol. The molecule has 0 aliphatic carbocycles. The van der Waals surface area contributed by atoms with E-state index in [0.29, 0.717) is 12.5 Å². The number of carbonyl (C=O) groups excluding carboxylic acids is 1. The molecule has 1 N–H and O–H groups in total. The minimum Gasteiger partial charge on any atom is -0.381 e. The van der Waals surface area contributed by atoms with Gasteiger partial charge in [-0.05, 0) is 25.7 Å². The van der Waals surface area contributed by atoms with Crippen LogP contribution in [0, 0.1) is 5.41 Å². The molecule has 0 unspecified atom stereocenters. The summed E-state index contributed by atoms with van der Waals surface area (Å²) in [5, 5.41) is 7.31. The summed E-state index contributed by atoms with van der Waals surface area (Å²) in [4.78, 5) is 19.0. The van der Waals surface area contributed by atoms with Crippen molar-refractivity contribution in [2.45, 2.75) is 65.0 Å². The van der Waals surface area contributed by atoms with Gasteiger partial charge < -0.3 is 14.6 Å². The van der Waals surface area contributed by atoms with Crippen LogP contribution in [0.25, 0.3) is 0 Å². The van der Waals surface area contributed by atoms with E-state index in [0.717, 1.165) is 63.7 Å². The molecule has 0 spiro atoms. The van der Waals surface area contributed by atoms with Gasteiger partial charge in [-0.1, -0.05) is 25.9 Å². The second-order valence-electron chi connectivity index (χ2n) is 8.21. The average molecular weight is 350 g/mol. The Kier molecular flexibility index (Phi) is 5.74. The molecule has 0 aromatic carbocycles. The Hall–Kier alpha value is -1.47. The number of aromatic nitrogens is 2. The number of piperidine rings is 1. The predicted octanol–water partition coefficient (Wildman–Crippen LogP) is 2.09. The molecule has 2 aliphatic rings. The lowest BCUT2D eigenvalue weighted by Crippen LogP contribution is -2.47. The van der Waals surface area contributed by atoms with Crippen LogP contribution < -0.4 is 5.32 Å². The molecule has 3 heterocycles.